The Labute approximate surface area is 242 Å². The quantitative estimate of drug-likeness (QED) is 0.296. The van der Waals surface area contributed by atoms with Crippen LogP contribution in [0.4, 0.5) is 18.9 Å². The Hall–Kier alpha value is -4.20. The molecular weight excluding hydrogens is 553 g/mol. The van der Waals surface area contributed by atoms with Crippen molar-refractivity contribution >= 4 is 24.0 Å². The van der Waals surface area contributed by atoms with Gasteiger partial charge in [0.25, 0.3) is 5.91 Å². The second-order valence-electron chi connectivity index (χ2n) is 9.77. The predicted molar refractivity (Wildman–Crippen MR) is 153 cm³/mol. The van der Waals surface area contributed by atoms with E-state index in [4.69, 9.17) is 0 Å². The molecule has 0 bridgehead atoms. The number of halogens is 4. The van der Waals surface area contributed by atoms with E-state index in [0.717, 1.165) is 49.3 Å². The van der Waals surface area contributed by atoms with Gasteiger partial charge in [0.2, 0.25) is 5.82 Å². The molecule has 1 aliphatic heterocycles. The summed E-state index contributed by atoms with van der Waals surface area (Å²) in [5.74, 6) is 6.20. The summed E-state index contributed by atoms with van der Waals surface area (Å²) in [7, 11) is 0. The summed E-state index contributed by atoms with van der Waals surface area (Å²) >= 11 is 0. The Balaban J connectivity index is 0.00000387. The molecule has 2 aromatic heterocycles. The minimum absolute atomic E-state index is 0. The SMILES string of the molecule is Cc1cn(-c2cc(NC(=O)c3ccc(C)c(C#Cc4nccc(C5CCCNC5)n4)c3)cc(C(F)(F)F)c2)cn1.Cl. The number of hydrogen-bond acceptors (Lipinski definition) is 5. The van der Waals surface area contributed by atoms with Crippen LogP contribution in [-0.2, 0) is 6.18 Å². The van der Waals surface area contributed by atoms with E-state index in [9.17, 15) is 18.0 Å². The zero-order valence-corrected chi connectivity index (χ0v) is 23.2. The number of hydrogen-bond donors (Lipinski definition) is 2. The monoisotopic (exact) mass is 580 g/mol. The number of nitrogens with one attached hydrogen (secondary N) is 2. The molecule has 3 heterocycles. The molecule has 1 amide bonds. The van der Waals surface area contributed by atoms with E-state index in [0.29, 0.717) is 23.0 Å². The molecule has 41 heavy (non-hydrogen) atoms. The van der Waals surface area contributed by atoms with Crippen LogP contribution in [0.25, 0.3) is 5.69 Å². The number of alkyl halides is 3. The van der Waals surface area contributed by atoms with Gasteiger partial charge in [-0.05, 0) is 81.1 Å². The Kier molecular flexibility index (Phi) is 9.11. The number of aryl methyl sites for hydroxylation is 2. The molecule has 1 aliphatic rings. The van der Waals surface area contributed by atoms with E-state index in [-0.39, 0.29) is 29.3 Å². The molecule has 11 heteroatoms. The van der Waals surface area contributed by atoms with Crippen molar-refractivity contribution < 1.29 is 18.0 Å². The lowest BCUT2D eigenvalue weighted by molar-refractivity contribution is -0.137. The maximum Gasteiger partial charge on any atom is 0.416 e. The molecule has 2 aromatic carbocycles. The topological polar surface area (TPSA) is 84.7 Å². The van der Waals surface area contributed by atoms with E-state index in [2.05, 4.69) is 37.4 Å². The Morgan fingerprint density at radius 3 is 2.63 bits per heavy atom. The van der Waals surface area contributed by atoms with E-state index >= 15 is 0 Å². The number of aromatic nitrogens is 4. The third kappa shape index (κ3) is 7.31. The van der Waals surface area contributed by atoms with E-state index < -0.39 is 17.6 Å². The van der Waals surface area contributed by atoms with Crippen LogP contribution < -0.4 is 10.6 Å². The zero-order chi connectivity index (χ0) is 28.3. The normalized spacial score (nSPS) is 14.9. The molecule has 0 radical (unpaired) electrons. The van der Waals surface area contributed by atoms with Crippen LogP contribution in [0.15, 0.2) is 61.2 Å². The fourth-order valence-corrected chi connectivity index (χ4v) is 4.55. The van der Waals surface area contributed by atoms with Crippen LogP contribution in [0.1, 0.15) is 63.0 Å². The van der Waals surface area contributed by atoms with Crippen LogP contribution >= 0.6 is 12.4 Å². The maximum absolute atomic E-state index is 13.6. The maximum atomic E-state index is 13.6. The number of carbonyl (C=O) groups excluding carboxylic acids is 1. The van der Waals surface area contributed by atoms with Gasteiger partial charge in [-0.2, -0.15) is 13.2 Å². The van der Waals surface area contributed by atoms with Crippen molar-refractivity contribution in [1.82, 2.24) is 24.8 Å². The first-order valence-electron chi connectivity index (χ1n) is 12.9. The molecular formula is C30H28ClF3N6O. The number of rotatable bonds is 4. The van der Waals surface area contributed by atoms with Gasteiger partial charge < -0.3 is 15.2 Å². The van der Waals surface area contributed by atoms with Gasteiger partial charge >= 0.3 is 6.18 Å². The number of amides is 1. The summed E-state index contributed by atoms with van der Waals surface area (Å²) in [5, 5.41) is 5.98. The van der Waals surface area contributed by atoms with E-state index in [1.165, 1.54) is 17.0 Å². The second kappa shape index (κ2) is 12.5. The Morgan fingerprint density at radius 1 is 1.10 bits per heavy atom. The molecule has 1 fully saturated rings. The largest absolute Gasteiger partial charge is 0.416 e. The van der Waals surface area contributed by atoms with Crippen molar-refractivity contribution in [1.29, 1.82) is 0 Å². The number of benzene rings is 2. The average Bonchev–Trinajstić information content (AvgIpc) is 3.39. The average molecular weight is 581 g/mol. The molecule has 5 rings (SSSR count). The molecule has 4 aromatic rings. The third-order valence-corrected chi connectivity index (χ3v) is 6.71. The highest BCUT2D eigenvalue weighted by molar-refractivity contribution is 6.04. The van der Waals surface area contributed by atoms with Gasteiger partial charge in [-0.3, -0.25) is 4.79 Å². The lowest BCUT2D eigenvalue weighted by Gasteiger charge is -2.21. The summed E-state index contributed by atoms with van der Waals surface area (Å²) in [6.07, 6.45) is 2.29. The summed E-state index contributed by atoms with van der Waals surface area (Å²) in [6.45, 7) is 5.48. The number of anilines is 1. The highest BCUT2D eigenvalue weighted by Crippen LogP contribution is 2.33. The lowest BCUT2D eigenvalue weighted by Crippen LogP contribution is -2.28. The first-order valence-corrected chi connectivity index (χ1v) is 12.9. The number of piperidine rings is 1. The molecule has 1 saturated heterocycles. The van der Waals surface area contributed by atoms with Crippen molar-refractivity contribution in [3.63, 3.8) is 0 Å². The summed E-state index contributed by atoms with van der Waals surface area (Å²) in [4.78, 5) is 26.1. The molecule has 0 aliphatic carbocycles. The first kappa shape index (κ1) is 29.8. The van der Waals surface area contributed by atoms with Crippen LogP contribution in [0, 0.1) is 25.7 Å². The molecule has 0 spiro atoms. The van der Waals surface area contributed by atoms with Crippen LogP contribution in [0.5, 0.6) is 0 Å². The fourth-order valence-electron chi connectivity index (χ4n) is 4.55. The van der Waals surface area contributed by atoms with Crippen molar-refractivity contribution in [2.45, 2.75) is 38.8 Å². The summed E-state index contributed by atoms with van der Waals surface area (Å²) < 4.78 is 42.3. The second-order valence-corrected chi connectivity index (χ2v) is 9.77. The number of carbonyl (C=O) groups is 1. The van der Waals surface area contributed by atoms with Gasteiger partial charge in [-0.25, -0.2) is 15.0 Å². The van der Waals surface area contributed by atoms with E-state index in [1.807, 2.05) is 13.0 Å². The van der Waals surface area contributed by atoms with Crippen molar-refractivity contribution in [3.8, 4) is 17.5 Å². The third-order valence-electron chi connectivity index (χ3n) is 6.71. The molecule has 1 atom stereocenters. The number of nitrogens with zero attached hydrogens (tertiary/aromatic N) is 4. The highest BCUT2D eigenvalue weighted by Gasteiger charge is 2.31. The predicted octanol–water partition coefficient (Wildman–Crippen LogP) is 5.84. The van der Waals surface area contributed by atoms with Gasteiger partial charge in [-0.1, -0.05) is 12.0 Å². The smallest absolute Gasteiger partial charge is 0.322 e. The molecule has 0 saturated carbocycles. The minimum Gasteiger partial charge on any atom is -0.322 e. The van der Waals surface area contributed by atoms with Gasteiger partial charge in [-0.15, -0.1) is 12.4 Å². The molecule has 1 unspecified atom stereocenters. The molecule has 2 N–H and O–H groups in total. The van der Waals surface area contributed by atoms with E-state index in [1.54, 1.807) is 37.5 Å². The van der Waals surface area contributed by atoms with Crippen LogP contribution in [-0.4, -0.2) is 38.5 Å². The molecule has 212 valence electrons. The standard InChI is InChI=1S/C30H27F3N6O.ClH/c1-19-5-6-22(12-21(19)7-8-28-35-11-9-27(38-28)23-4-3-10-34-16-23)29(40)37-25-13-24(30(31,32)33)14-26(15-25)39-17-20(2)36-18-39;/h5-6,9,11-15,17-18,23,34H,3-4,10,16H2,1-2H3,(H,37,40);1H. The van der Waals surface area contributed by atoms with Crippen molar-refractivity contribution in [2.24, 2.45) is 0 Å². The molecule has 7 nitrogen and oxygen atoms in total. The summed E-state index contributed by atoms with van der Waals surface area (Å²) in [6, 6.07) is 10.3. The van der Waals surface area contributed by atoms with Gasteiger partial charge in [0, 0.05) is 53.1 Å². The fraction of sp³-hybridized carbons (Fsp3) is 0.267. The minimum atomic E-state index is -4.59. The van der Waals surface area contributed by atoms with Crippen LogP contribution in [0.2, 0.25) is 0 Å². The zero-order valence-electron chi connectivity index (χ0n) is 22.4. The van der Waals surface area contributed by atoms with Gasteiger partial charge in [0.15, 0.2) is 0 Å². The Morgan fingerprint density at radius 2 is 1.93 bits per heavy atom. The van der Waals surface area contributed by atoms with Gasteiger partial charge in [0.1, 0.15) is 0 Å². The van der Waals surface area contributed by atoms with Crippen LogP contribution in [0.3, 0.4) is 0 Å². The Bertz CT molecular complexity index is 1620. The lowest BCUT2D eigenvalue weighted by atomic mass is 9.96. The first-order chi connectivity index (χ1) is 19.2. The highest BCUT2D eigenvalue weighted by atomic mass is 35.5. The number of imidazole rings is 1. The van der Waals surface area contributed by atoms with Gasteiger partial charge in [0.05, 0.1) is 17.6 Å². The van der Waals surface area contributed by atoms with Crippen molar-refractivity contribution in [3.05, 3.63) is 101 Å². The van der Waals surface area contributed by atoms with Crippen molar-refractivity contribution in [2.75, 3.05) is 18.4 Å². The summed E-state index contributed by atoms with van der Waals surface area (Å²) in [5.41, 5.74) is 2.66.